The number of pyridine rings is 1. The molecule has 4 rings (SSSR count). The van der Waals surface area contributed by atoms with Crippen LogP contribution in [0.2, 0.25) is 0 Å². The molecule has 2 N–H and O–H groups in total. The highest BCUT2D eigenvalue weighted by atomic mass is 16.5. The Hall–Kier alpha value is -3.58. The molecule has 1 aromatic carbocycles. The van der Waals surface area contributed by atoms with Gasteiger partial charge in [0.2, 0.25) is 0 Å². The lowest BCUT2D eigenvalue weighted by molar-refractivity contribution is -0.130. The van der Waals surface area contributed by atoms with Crippen molar-refractivity contribution in [3.05, 3.63) is 84.8 Å². The highest BCUT2D eigenvalue weighted by molar-refractivity contribution is 5.83. The van der Waals surface area contributed by atoms with E-state index in [2.05, 4.69) is 15.0 Å². The van der Waals surface area contributed by atoms with Crippen LogP contribution in [-0.4, -0.2) is 30.5 Å². The third-order valence-corrected chi connectivity index (χ3v) is 4.50. The summed E-state index contributed by atoms with van der Waals surface area (Å²) in [6.45, 7) is 0. The zero-order valence-electron chi connectivity index (χ0n) is 14.4. The lowest BCUT2D eigenvalue weighted by Crippen LogP contribution is -2.28. The fourth-order valence-electron chi connectivity index (χ4n) is 3.15. The summed E-state index contributed by atoms with van der Waals surface area (Å²) in [7, 11) is 0. The summed E-state index contributed by atoms with van der Waals surface area (Å²) >= 11 is 0. The number of aromatic nitrogens is 4. The Bertz CT molecular complexity index is 1060. The molecule has 0 fully saturated rings. The van der Waals surface area contributed by atoms with Crippen LogP contribution in [0.25, 0.3) is 16.8 Å². The maximum atomic E-state index is 12.3. The van der Waals surface area contributed by atoms with Crippen molar-refractivity contribution < 1.29 is 10.0 Å². The maximum Gasteiger partial charge on any atom is 0.252 e. The van der Waals surface area contributed by atoms with Crippen molar-refractivity contribution in [3.63, 3.8) is 0 Å². The molecule has 4 aromatic rings. The molecule has 1 amide bonds. The molecule has 1 atom stereocenters. The van der Waals surface area contributed by atoms with E-state index in [4.69, 9.17) is 0 Å². The second-order valence-corrected chi connectivity index (χ2v) is 6.17. The van der Waals surface area contributed by atoms with Crippen LogP contribution in [-0.2, 0) is 11.2 Å². The smallest absolute Gasteiger partial charge is 0.252 e. The normalized spacial score (nSPS) is 12.0. The molecule has 0 aliphatic carbocycles. The fourth-order valence-corrected chi connectivity index (χ4v) is 3.15. The van der Waals surface area contributed by atoms with E-state index in [1.807, 2.05) is 53.1 Å². The number of carbonyl (C=O) groups is 1. The van der Waals surface area contributed by atoms with Crippen molar-refractivity contribution in [2.24, 2.45) is 0 Å². The van der Waals surface area contributed by atoms with Gasteiger partial charge in [-0.1, -0.05) is 30.3 Å². The van der Waals surface area contributed by atoms with Gasteiger partial charge in [-0.05, 0) is 29.7 Å². The first-order chi connectivity index (χ1) is 13.3. The molecular formula is C20H17N5O2. The molecule has 7 nitrogen and oxygen atoms in total. The van der Waals surface area contributed by atoms with Gasteiger partial charge in [0.15, 0.2) is 0 Å². The van der Waals surface area contributed by atoms with Gasteiger partial charge in [-0.25, -0.2) is 20.4 Å². The number of rotatable bonds is 5. The molecule has 0 saturated heterocycles. The molecule has 3 heterocycles. The van der Waals surface area contributed by atoms with E-state index in [1.54, 1.807) is 24.1 Å². The van der Waals surface area contributed by atoms with Crippen molar-refractivity contribution in [2.45, 2.75) is 12.3 Å². The standard InChI is InChI=1S/C20H17N5O2/c26-20(24-27)17(8-14-4-2-1-3-5-14)18-12-23-19-9-15(6-7-25(18)19)16-10-21-13-22-11-16/h1-7,9-13,17,27H,8H2,(H,24,26). The average molecular weight is 359 g/mol. The number of benzene rings is 1. The van der Waals surface area contributed by atoms with Crippen LogP contribution in [0.15, 0.2) is 73.6 Å². The zero-order chi connectivity index (χ0) is 18.6. The lowest BCUT2D eigenvalue weighted by Gasteiger charge is -2.15. The lowest BCUT2D eigenvalue weighted by atomic mass is 9.96. The Kier molecular flexibility index (Phi) is 4.59. The largest absolute Gasteiger partial charge is 0.303 e. The minimum absolute atomic E-state index is 0.454. The van der Waals surface area contributed by atoms with Gasteiger partial charge in [-0.2, -0.15) is 0 Å². The molecule has 0 saturated carbocycles. The molecular weight excluding hydrogens is 342 g/mol. The molecule has 3 aromatic heterocycles. The SMILES string of the molecule is O=C(NO)C(Cc1ccccc1)c1cnc2cc(-c3cncnc3)ccn12. The Labute approximate surface area is 155 Å². The first-order valence-corrected chi connectivity index (χ1v) is 8.46. The molecule has 27 heavy (non-hydrogen) atoms. The van der Waals surface area contributed by atoms with Crippen LogP contribution >= 0.6 is 0 Å². The number of hydroxylamine groups is 1. The first kappa shape index (κ1) is 16.9. The number of nitrogens with zero attached hydrogens (tertiary/aromatic N) is 4. The average Bonchev–Trinajstić information content (AvgIpc) is 3.16. The third kappa shape index (κ3) is 3.40. The second kappa shape index (κ2) is 7.35. The number of carbonyl (C=O) groups excluding carboxylic acids is 1. The van der Waals surface area contributed by atoms with Gasteiger partial charge in [-0.3, -0.25) is 10.0 Å². The van der Waals surface area contributed by atoms with Gasteiger partial charge in [0.25, 0.3) is 5.91 Å². The van der Waals surface area contributed by atoms with Crippen molar-refractivity contribution in [1.82, 2.24) is 24.8 Å². The number of fused-ring (bicyclic) bond motifs is 1. The van der Waals surface area contributed by atoms with E-state index >= 15 is 0 Å². The Morgan fingerprint density at radius 2 is 1.85 bits per heavy atom. The van der Waals surface area contributed by atoms with E-state index in [-0.39, 0.29) is 0 Å². The Morgan fingerprint density at radius 3 is 2.59 bits per heavy atom. The number of amides is 1. The van der Waals surface area contributed by atoms with E-state index in [9.17, 15) is 10.0 Å². The van der Waals surface area contributed by atoms with Crippen LogP contribution in [0.3, 0.4) is 0 Å². The molecule has 0 aliphatic heterocycles. The van der Waals surface area contributed by atoms with E-state index in [1.165, 1.54) is 6.33 Å². The minimum atomic E-state index is -0.571. The van der Waals surface area contributed by atoms with Gasteiger partial charge in [0.1, 0.15) is 12.0 Å². The summed E-state index contributed by atoms with van der Waals surface area (Å²) in [5.41, 5.74) is 6.01. The van der Waals surface area contributed by atoms with Crippen LogP contribution in [0.5, 0.6) is 0 Å². The van der Waals surface area contributed by atoms with Crippen molar-refractivity contribution in [1.29, 1.82) is 0 Å². The molecule has 0 aliphatic rings. The van der Waals surface area contributed by atoms with Crippen LogP contribution in [0.1, 0.15) is 17.2 Å². The predicted octanol–water partition coefficient (Wildman–Crippen LogP) is 2.62. The van der Waals surface area contributed by atoms with E-state index in [0.29, 0.717) is 17.8 Å². The summed E-state index contributed by atoms with van der Waals surface area (Å²) in [6.07, 6.45) is 8.94. The van der Waals surface area contributed by atoms with Crippen LogP contribution in [0, 0.1) is 0 Å². The molecule has 0 bridgehead atoms. The van der Waals surface area contributed by atoms with Crippen LogP contribution < -0.4 is 5.48 Å². The Balaban J connectivity index is 1.73. The fraction of sp³-hybridized carbons (Fsp3) is 0.100. The summed E-state index contributed by atoms with van der Waals surface area (Å²) < 4.78 is 1.86. The third-order valence-electron chi connectivity index (χ3n) is 4.50. The van der Waals surface area contributed by atoms with Gasteiger partial charge < -0.3 is 4.40 Å². The summed E-state index contributed by atoms with van der Waals surface area (Å²) in [5.74, 6) is -1.04. The first-order valence-electron chi connectivity index (χ1n) is 8.46. The van der Waals surface area contributed by atoms with Crippen molar-refractivity contribution >= 4 is 11.6 Å². The summed E-state index contributed by atoms with van der Waals surface area (Å²) in [6, 6.07) is 13.5. The van der Waals surface area contributed by atoms with Gasteiger partial charge in [0.05, 0.1) is 17.8 Å². The van der Waals surface area contributed by atoms with Crippen molar-refractivity contribution in [3.8, 4) is 11.1 Å². The predicted molar refractivity (Wildman–Crippen MR) is 99.0 cm³/mol. The number of hydrogen-bond donors (Lipinski definition) is 2. The van der Waals surface area contributed by atoms with E-state index in [0.717, 1.165) is 16.7 Å². The Morgan fingerprint density at radius 1 is 1.07 bits per heavy atom. The second-order valence-electron chi connectivity index (χ2n) is 6.17. The minimum Gasteiger partial charge on any atom is -0.303 e. The topological polar surface area (TPSA) is 92.4 Å². The van der Waals surface area contributed by atoms with Crippen LogP contribution in [0.4, 0.5) is 0 Å². The number of imidazole rings is 1. The highest BCUT2D eigenvalue weighted by Gasteiger charge is 2.24. The van der Waals surface area contributed by atoms with Gasteiger partial charge >= 0.3 is 0 Å². The molecule has 0 radical (unpaired) electrons. The number of hydrogen-bond acceptors (Lipinski definition) is 5. The maximum absolute atomic E-state index is 12.3. The quantitative estimate of drug-likeness (QED) is 0.422. The summed E-state index contributed by atoms with van der Waals surface area (Å²) in [4.78, 5) is 24.8. The molecule has 134 valence electrons. The zero-order valence-corrected chi connectivity index (χ0v) is 14.4. The molecule has 0 spiro atoms. The molecule has 1 unspecified atom stereocenters. The molecule has 7 heteroatoms. The van der Waals surface area contributed by atoms with Crippen molar-refractivity contribution in [2.75, 3.05) is 0 Å². The summed E-state index contributed by atoms with van der Waals surface area (Å²) in [5, 5.41) is 9.20. The highest BCUT2D eigenvalue weighted by Crippen LogP contribution is 2.25. The van der Waals surface area contributed by atoms with E-state index < -0.39 is 11.8 Å². The van der Waals surface area contributed by atoms with Gasteiger partial charge in [-0.15, -0.1) is 0 Å². The van der Waals surface area contributed by atoms with Gasteiger partial charge in [0, 0.05) is 24.2 Å². The number of nitrogens with one attached hydrogen (secondary N) is 1. The monoisotopic (exact) mass is 359 g/mol.